The SMILES string of the molecule is COc1cc(C)c(C2C(=O)NC3(CCC(C(F)(F)F)CC3)C2=O)c(C)c1. The first kappa shape index (κ1) is 18.7. The Balaban J connectivity index is 1.90. The average molecular weight is 369 g/mol. The Bertz CT molecular complexity index is 726. The van der Waals surface area contributed by atoms with Gasteiger partial charge in [0.25, 0.3) is 0 Å². The number of aryl methyl sites for hydroxylation is 2. The minimum Gasteiger partial charge on any atom is -0.497 e. The lowest BCUT2D eigenvalue weighted by Crippen LogP contribution is -2.50. The van der Waals surface area contributed by atoms with Crippen LogP contribution in [0.15, 0.2) is 12.1 Å². The summed E-state index contributed by atoms with van der Waals surface area (Å²) in [5.74, 6) is -2.46. The molecule has 1 saturated carbocycles. The third-order valence-corrected chi connectivity index (χ3v) is 5.75. The summed E-state index contributed by atoms with van der Waals surface area (Å²) in [6.07, 6.45) is -4.46. The van der Waals surface area contributed by atoms with Crippen molar-refractivity contribution < 1.29 is 27.5 Å². The number of carbonyl (C=O) groups is 2. The second kappa shape index (κ2) is 6.28. The van der Waals surface area contributed by atoms with Gasteiger partial charge in [0.2, 0.25) is 5.91 Å². The first-order chi connectivity index (χ1) is 12.1. The van der Waals surface area contributed by atoms with Crippen LogP contribution in [0.1, 0.15) is 48.3 Å². The van der Waals surface area contributed by atoms with Gasteiger partial charge >= 0.3 is 6.18 Å². The van der Waals surface area contributed by atoms with Gasteiger partial charge in [-0.2, -0.15) is 13.2 Å². The van der Waals surface area contributed by atoms with Gasteiger partial charge in [-0.1, -0.05) is 0 Å². The fourth-order valence-electron chi connectivity index (χ4n) is 4.34. The third kappa shape index (κ3) is 2.97. The molecule has 1 aromatic rings. The third-order valence-electron chi connectivity index (χ3n) is 5.75. The second-order valence-electron chi connectivity index (χ2n) is 7.36. The fraction of sp³-hybridized carbons (Fsp3) is 0.579. The Kier molecular flexibility index (Phi) is 4.53. The normalized spacial score (nSPS) is 29.2. The lowest BCUT2D eigenvalue weighted by atomic mass is 9.72. The van der Waals surface area contributed by atoms with Crippen LogP contribution in [-0.2, 0) is 9.59 Å². The van der Waals surface area contributed by atoms with E-state index in [4.69, 9.17) is 4.74 Å². The second-order valence-corrected chi connectivity index (χ2v) is 7.36. The quantitative estimate of drug-likeness (QED) is 0.811. The number of Topliss-reactive ketones (excluding diaryl/α,β-unsaturated/α-hetero) is 1. The van der Waals surface area contributed by atoms with E-state index in [9.17, 15) is 22.8 Å². The van der Waals surface area contributed by atoms with Gasteiger partial charge in [-0.3, -0.25) is 9.59 Å². The Morgan fingerprint density at radius 2 is 1.65 bits per heavy atom. The topological polar surface area (TPSA) is 55.4 Å². The van der Waals surface area contributed by atoms with Gasteiger partial charge in [0.05, 0.1) is 18.6 Å². The molecule has 2 aliphatic rings. The van der Waals surface area contributed by atoms with E-state index in [0.717, 1.165) is 11.1 Å². The maximum absolute atomic E-state index is 13.1. The molecule has 1 aliphatic carbocycles. The number of rotatable bonds is 2. The zero-order valence-electron chi connectivity index (χ0n) is 15.0. The standard InChI is InChI=1S/C19H22F3NO3/c1-10-8-13(26-3)9-11(2)14(10)15-16(24)18(23-17(15)25)6-4-12(5-7-18)19(20,21)22/h8-9,12,15H,4-7H2,1-3H3,(H,23,25). The van der Waals surface area contributed by atoms with Crippen LogP contribution < -0.4 is 10.1 Å². The van der Waals surface area contributed by atoms with Gasteiger partial charge in [-0.15, -0.1) is 0 Å². The molecule has 26 heavy (non-hydrogen) atoms. The van der Waals surface area contributed by atoms with Gasteiger partial charge in [-0.05, 0) is 68.4 Å². The number of halogens is 3. The van der Waals surface area contributed by atoms with Crippen molar-refractivity contribution in [1.29, 1.82) is 0 Å². The van der Waals surface area contributed by atoms with E-state index in [0.29, 0.717) is 11.3 Å². The van der Waals surface area contributed by atoms with Crippen LogP contribution in [-0.4, -0.2) is 30.5 Å². The Morgan fingerprint density at radius 3 is 2.12 bits per heavy atom. The van der Waals surface area contributed by atoms with Crippen molar-refractivity contribution in [3.05, 3.63) is 28.8 Å². The molecule has 1 N–H and O–H groups in total. The number of carbonyl (C=O) groups excluding carboxylic acids is 2. The molecular formula is C19H22F3NO3. The number of hydrogen-bond acceptors (Lipinski definition) is 3. The van der Waals surface area contributed by atoms with Gasteiger partial charge in [0.1, 0.15) is 11.7 Å². The number of methoxy groups -OCH3 is 1. The van der Waals surface area contributed by atoms with Crippen molar-refractivity contribution in [1.82, 2.24) is 5.32 Å². The number of hydrogen-bond donors (Lipinski definition) is 1. The van der Waals surface area contributed by atoms with Crippen LogP contribution in [0, 0.1) is 19.8 Å². The molecule has 3 rings (SSSR count). The van der Waals surface area contributed by atoms with Gasteiger partial charge in [-0.25, -0.2) is 0 Å². The van der Waals surface area contributed by atoms with E-state index in [1.165, 1.54) is 7.11 Å². The van der Waals surface area contributed by atoms with Crippen LogP contribution in [0.3, 0.4) is 0 Å². The predicted molar refractivity (Wildman–Crippen MR) is 89.1 cm³/mol. The summed E-state index contributed by atoms with van der Waals surface area (Å²) in [5, 5.41) is 2.74. The number of benzene rings is 1. The van der Waals surface area contributed by atoms with Crippen molar-refractivity contribution >= 4 is 11.7 Å². The molecular weight excluding hydrogens is 347 g/mol. The molecule has 1 atom stereocenters. The maximum Gasteiger partial charge on any atom is 0.391 e. The highest BCUT2D eigenvalue weighted by molar-refractivity contribution is 6.17. The number of ether oxygens (including phenoxy) is 1. The molecule has 142 valence electrons. The molecule has 2 fully saturated rings. The summed E-state index contributed by atoms with van der Waals surface area (Å²) >= 11 is 0. The van der Waals surface area contributed by atoms with Crippen LogP contribution >= 0.6 is 0 Å². The fourth-order valence-corrected chi connectivity index (χ4v) is 4.34. The lowest BCUT2D eigenvalue weighted by molar-refractivity contribution is -0.185. The summed E-state index contributed by atoms with van der Waals surface area (Å²) in [5.41, 5.74) is 0.985. The van der Waals surface area contributed by atoms with Gasteiger partial charge in [0.15, 0.2) is 5.78 Å². The van der Waals surface area contributed by atoms with Crippen LogP contribution in [0.2, 0.25) is 0 Å². The first-order valence-corrected chi connectivity index (χ1v) is 8.67. The average Bonchev–Trinajstić information content (AvgIpc) is 2.78. The molecule has 1 unspecified atom stereocenters. The van der Waals surface area contributed by atoms with Crippen molar-refractivity contribution in [2.24, 2.45) is 5.92 Å². The smallest absolute Gasteiger partial charge is 0.391 e. The van der Waals surface area contributed by atoms with E-state index in [1.807, 2.05) is 0 Å². The number of nitrogens with one attached hydrogen (secondary N) is 1. The molecule has 0 aromatic heterocycles. The highest BCUT2D eigenvalue weighted by atomic mass is 19.4. The molecule has 0 bridgehead atoms. The molecule has 1 spiro atoms. The molecule has 1 amide bonds. The van der Waals surface area contributed by atoms with Crippen LogP contribution in [0.25, 0.3) is 0 Å². The predicted octanol–water partition coefficient (Wildman–Crippen LogP) is 3.59. The molecule has 1 saturated heterocycles. The monoisotopic (exact) mass is 369 g/mol. The molecule has 1 aromatic carbocycles. The summed E-state index contributed by atoms with van der Waals surface area (Å²) in [7, 11) is 1.54. The van der Waals surface area contributed by atoms with Gasteiger partial charge in [0, 0.05) is 0 Å². The van der Waals surface area contributed by atoms with Crippen LogP contribution in [0.4, 0.5) is 13.2 Å². The van der Waals surface area contributed by atoms with E-state index in [2.05, 4.69) is 5.32 Å². The minimum absolute atomic E-state index is 0.0342. The minimum atomic E-state index is -4.25. The van der Waals surface area contributed by atoms with E-state index >= 15 is 0 Å². The summed E-state index contributed by atoms with van der Waals surface area (Å²) in [6, 6.07) is 3.52. The number of ketones is 1. The van der Waals surface area contributed by atoms with E-state index in [1.54, 1.807) is 26.0 Å². The van der Waals surface area contributed by atoms with Crippen molar-refractivity contribution in [2.45, 2.75) is 57.2 Å². The molecule has 7 heteroatoms. The number of amides is 1. The summed E-state index contributed by atoms with van der Waals surface area (Å²) in [4.78, 5) is 25.7. The highest BCUT2D eigenvalue weighted by Crippen LogP contribution is 2.46. The summed E-state index contributed by atoms with van der Waals surface area (Å²) in [6.45, 7) is 3.61. The molecule has 1 aliphatic heterocycles. The van der Waals surface area contributed by atoms with Crippen molar-refractivity contribution in [3.63, 3.8) is 0 Å². The van der Waals surface area contributed by atoms with Crippen molar-refractivity contribution in [2.75, 3.05) is 7.11 Å². The zero-order chi connectivity index (χ0) is 19.3. The van der Waals surface area contributed by atoms with Gasteiger partial charge < -0.3 is 10.1 Å². The van der Waals surface area contributed by atoms with Crippen LogP contribution in [0.5, 0.6) is 5.75 Å². The largest absolute Gasteiger partial charge is 0.497 e. The summed E-state index contributed by atoms with van der Waals surface area (Å²) < 4.78 is 44.0. The Hall–Kier alpha value is -2.05. The lowest BCUT2D eigenvalue weighted by Gasteiger charge is -2.36. The van der Waals surface area contributed by atoms with E-state index in [-0.39, 0.29) is 31.5 Å². The Morgan fingerprint density at radius 1 is 1.12 bits per heavy atom. The molecule has 0 radical (unpaired) electrons. The van der Waals surface area contributed by atoms with E-state index < -0.39 is 29.5 Å². The molecule has 4 nitrogen and oxygen atoms in total. The maximum atomic E-state index is 13.1. The van der Waals surface area contributed by atoms with Crippen molar-refractivity contribution in [3.8, 4) is 5.75 Å². The molecule has 1 heterocycles. The zero-order valence-corrected chi connectivity index (χ0v) is 15.0. The first-order valence-electron chi connectivity index (χ1n) is 8.67. The Labute approximate surface area is 150 Å². The number of alkyl halides is 3. The highest BCUT2D eigenvalue weighted by Gasteiger charge is 2.56.